The standard InChI is InChI=1S/C34H42ClN3O6S/c1-34(16-17-34)45(42,43)37-32(40)29-19-23(29)10-7-5-3-4-6-8-13-31(39)38-22-24-14-15-28(44-27-12-9-11-26(35)21-27)18-25(24)20-30(38)33(41)36-2/h7,9-12,14-15,18,21,23,29-30H,3-6,8,13,16-17,19-20,22H2,1-2H3,(H,36,41)(H,37,40)/b10-7-/t23-,29+,30+/m1/s1. The number of hydrogen-bond acceptors (Lipinski definition) is 6. The maximum atomic E-state index is 13.3. The number of allylic oxidation sites excluding steroid dienone is 2. The van der Waals surface area contributed by atoms with Crippen LogP contribution in [0.25, 0.3) is 0 Å². The molecule has 0 saturated heterocycles. The number of nitrogens with zero attached hydrogens (tertiary/aromatic N) is 1. The number of likely N-dealkylation sites (N-methyl/N-ethyl adjacent to an activating group) is 1. The quantitative estimate of drug-likeness (QED) is 0.200. The fraction of sp³-hybridized carbons (Fsp3) is 0.500. The average Bonchev–Trinajstić information content (AvgIpc) is 3.94. The molecule has 11 heteroatoms. The Hall–Kier alpha value is -3.37. The lowest BCUT2D eigenvalue weighted by molar-refractivity contribution is -0.141. The molecule has 45 heavy (non-hydrogen) atoms. The van der Waals surface area contributed by atoms with Crippen LogP contribution < -0.4 is 14.8 Å². The minimum absolute atomic E-state index is 0.0239. The minimum Gasteiger partial charge on any atom is -0.457 e. The Morgan fingerprint density at radius 1 is 1.02 bits per heavy atom. The van der Waals surface area contributed by atoms with E-state index in [-0.39, 0.29) is 29.6 Å². The molecule has 5 rings (SSSR count). The van der Waals surface area contributed by atoms with Gasteiger partial charge in [0.1, 0.15) is 17.5 Å². The van der Waals surface area contributed by atoms with Crippen LogP contribution in [0.4, 0.5) is 0 Å². The Kier molecular flexibility index (Phi) is 10.2. The summed E-state index contributed by atoms with van der Waals surface area (Å²) in [6.45, 7) is 2.05. The van der Waals surface area contributed by atoms with E-state index in [0.29, 0.717) is 55.2 Å². The second-order valence-corrected chi connectivity index (χ2v) is 15.3. The number of rotatable bonds is 14. The molecular weight excluding hydrogens is 614 g/mol. The topological polar surface area (TPSA) is 122 Å². The number of ether oxygens (including phenoxy) is 1. The summed E-state index contributed by atoms with van der Waals surface area (Å²) in [7, 11) is -1.99. The van der Waals surface area contributed by atoms with E-state index in [1.165, 1.54) is 0 Å². The lowest BCUT2D eigenvalue weighted by atomic mass is 9.92. The summed E-state index contributed by atoms with van der Waals surface area (Å²) in [6, 6.07) is 12.3. The third-order valence-corrected chi connectivity index (χ3v) is 11.5. The van der Waals surface area contributed by atoms with Crippen LogP contribution in [0.3, 0.4) is 0 Å². The van der Waals surface area contributed by atoms with E-state index in [9.17, 15) is 22.8 Å². The van der Waals surface area contributed by atoms with Crippen LogP contribution in [0.5, 0.6) is 11.5 Å². The maximum Gasteiger partial charge on any atom is 0.242 e. The van der Waals surface area contributed by atoms with Crippen LogP contribution >= 0.6 is 11.6 Å². The number of hydrogen-bond donors (Lipinski definition) is 2. The molecule has 2 saturated carbocycles. The fourth-order valence-electron chi connectivity index (χ4n) is 5.76. The van der Waals surface area contributed by atoms with Crippen LogP contribution in [0.1, 0.15) is 75.8 Å². The minimum atomic E-state index is -3.58. The van der Waals surface area contributed by atoms with E-state index >= 15 is 0 Å². The van der Waals surface area contributed by atoms with Crippen molar-refractivity contribution >= 4 is 39.3 Å². The van der Waals surface area contributed by atoms with Crippen LogP contribution in [-0.4, -0.2) is 48.9 Å². The molecule has 2 fully saturated rings. The van der Waals surface area contributed by atoms with Crippen LogP contribution in [0.15, 0.2) is 54.6 Å². The van der Waals surface area contributed by atoms with Gasteiger partial charge in [0.15, 0.2) is 0 Å². The number of carbonyl (C=O) groups is 3. The normalized spacial score (nSPS) is 21.6. The highest BCUT2D eigenvalue weighted by atomic mass is 35.5. The predicted octanol–water partition coefficient (Wildman–Crippen LogP) is 5.66. The number of benzene rings is 2. The maximum absolute atomic E-state index is 13.3. The first-order valence-electron chi connectivity index (χ1n) is 15.8. The molecule has 3 aliphatic rings. The molecule has 9 nitrogen and oxygen atoms in total. The molecule has 1 aliphatic heterocycles. The van der Waals surface area contributed by atoms with Crippen molar-refractivity contribution in [3.05, 3.63) is 70.8 Å². The number of carbonyl (C=O) groups excluding carboxylic acids is 3. The first kappa shape index (κ1) is 33.0. The van der Waals surface area contributed by atoms with Crippen molar-refractivity contribution in [3.63, 3.8) is 0 Å². The zero-order valence-electron chi connectivity index (χ0n) is 25.9. The lowest BCUT2D eigenvalue weighted by Crippen LogP contribution is -2.51. The van der Waals surface area contributed by atoms with Gasteiger partial charge in [-0.15, -0.1) is 0 Å². The van der Waals surface area contributed by atoms with Crippen molar-refractivity contribution in [2.75, 3.05) is 7.05 Å². The van der Waals surface area contributed by atoms with Gasteiger partial charge in [-0.25, -0.2) is 8.42 Å². The van der Waals surface area contributed by atoms with E-state index in [0.717, 1.165) is 43.2 Å². The first-order chi connectivity index (χ1) is 21.5. The summed E-state index contributed by atoms with van der Waals surface area (Å²) in [5.41, 5.74) is 1.99. The van der Waals surface area contributed by atoms with Gasteiger partial charge in [-0.1, -0.05) is 48.7 Å². The number of amides is 3. The molecule has 1 heterocycles. The van der Waals surface area contributed by atoms with Crippen LogP contribution in [-0.2, 0) is 37.4 Å². The number of nitrogens with one attached hydrogen (secondary N) is 2. The molecule has 2 N–H and O–H groups in total. The van der Waals surface area contributed by atoms with Crippen LogP contribution in [0.2, 0.25) is 5.02 Å². The second kappa shape index (κ2) is 14.0. The van der Waals surface area contributed by atoms with Gasteiger partial charge in [-0.2, -0.15) is 0 Å². The first-order valence-corrected chi connectivity index (χ1v) is 17.6. The van der Waals surface area contributed by atoms with E-state index in [1.54, 1.807) is 31.0 Å². The molecule has 0 radical (unpaired) electrons. The van der Waals surface area contributed by atoms with E-state index in [2.05, 4.69) is 16.1 Å². The average molecular weight is 656 g/mol. The zero-order valence-corrected chi connectivity index (χ0v) is 27.5. The van der Waals surface area contributed by atoms with Crippen molar-refractivity contribution < 1.29 is 27.5 Å². The second-order valence-electron chi connectivity index (χ2n) is 12.7. The Morgan fingerprint density at radius 3 is 2.51 bits per heavy atom. The molecule has 3 amide bonds. The summed E-state index contributed by atoms with van der Waals surface area (Å²) in [6.07, 6.45) is 11.3. The van der Waals surface area contributed by atoms with E-state index < -0.39 is 20.8 Å². The molecule has 0 bridgehead atoms. The molecule has 2 aromatic rings. The zero-order chi connectivity index (χ0) is 32.2. The summed E-state index contributed by atoms with van der Waals surface area (Å²) in [4.78, 5) is 40.1. The van der Waals surface area contributed by atoms with Crippen LogP contribution in [0, 0.1) is 11.8 Å². The molecule has 0 aromatic heterocycles. The number of halogens is 1. The van der Waals surface area contributed by atoms with Gasteiger partial charge in [0, 0.05) is 37.4 Å². The monoisotopic (exact) mass is 655 g/mol. The van der Waals surface area contributed by atoms with Gasteiger partial charge in [-0.3, -0.25) is 19.1 Å². The molecule has 242 valence electrons. The highest BCUT2D eigenvalue weighted by Gasteiger charge is 2.52. The summed E-state index contributed by atoms with van der Waals surface area (Å²) in [5, 5.41) is 3.30. The number of fused-ring (bicyclic) bond motifs is 1. The Bertz CT molecular complexity index is 1570. The number of unbranched alkanes of at least 4 members (excludes halogenated alkanes) is 4. The van der Waals surface area contributed by atoms with E-state index in [4.69, 9.17) is 16.3 Å². The molecule has 3 atom stereocenters. The largest absolute Gasteiger partial charge is 0.457 e. The summed E-state index contributed by atoms with van der Waals surface area (Å²) < 4.78 is 32.0. The highest BCUT2D eigenvalue weighted by molar-refractivity contribution is 7.91. The summed E-state index contributed by atoms with van der Waals surface area (Å²) in [5.74, 6) is 0.538. The van der Waals surface area contributed by atoms with E-state index in [1.807, 2.05) is 36.4 Å². The SMILES string of the molecule is CNC(=O)[C@@H]1Cc2cc(Oc3cccc(Cl)c3)ccc2CN1C(=O)CCCCCC/C=C\[C@@H]1C[C@@H]1C(=O)NS(=O)(=O)C1(C)CC1. The molecule has 2 aromatic carbocycles. The Labute approximate surface area is 270 Å². The number of sulfonamides is 1. The summed E-state index contributed by atoms with van der Waals surface area (Å²) >= 11 is 6.08. The third kappa shape index (κ3) is 8.27. The third-order valence-electron chi connectivity index (χ3n) is 9.12. The molecule has 0 spiro atoms. The molecule has 2 aliphatic carbocycles. The smallest absolute Gasteiger partial charge is 0.242 e. The van der Waals surface area contributed by atoms with Gasteiger partial charge in [-0.05, 0) is 92.8 Å². The molecule has 0 unspecified atom stereocenters. The Balaban J connectivity index is 1.03. The van der Waals surface area contributed by atoms with Gasteiger partial charge in [0.25, 0.3) is 0 Å². The van der Waals surface area contributed by atoms with Gasteiger partial charge in [0.05, 0.1) is 4.75 Å². The van der Waals surface area contributed by atoms with Crippen molar-refractivity contribution in [2.24, 2.45) is 11.8 Å². The van der Waals surface area contributed by atoms with Crippen molar-refractivity contribution in [2.45, 2.75) is 88.5 Å². The van der Waals surface area contributed by atoms with Gasteiger partial charge >= 0.3 is 0 Å². The van der Waals surface area contributed by atoms with Gasteiger partial charge < -0.3 is 15.0 Å². The molecular formula is C34H42ClN3O6S. The van der Waals surface area contributed by atoms with Gasteiger partial charge in [0.2, 0.25) is 27.7 Å². The Morgan fingerprint density at radius 2 is 1.78 bits per heavy atom. The van der Waals surface area contributed by atoms with Crippen molar-refractivity contribution in [1.29, 1.82) is 0 Å². The van der Waals surface area contributed by atoms with Crippen molar-refractivity contribution in [1.82, 2.24) is 14.9 Å². The predicted molar refractivity (Wildman–Crippen MR) is 173 cm³/mol. The lowest BCUT2D eigenvalue weighted by Gasteiger charge is -2.36. The fourth-order valence-corrected chi connectivity index (χ4v) is 7.25. The highest BCUT2D eigenvalue weighted by Crippen LogP contribution is 2.44. The van der Waals surface area contributed by atoms with Crippen molar-refractivity contribution in [3.8, 4) is 11.5 Å².